The number of rotatable bonds is 4. The van der Waals surface area contributed by atoms with Gasteiger partial charge in [0, 0.05) is 29.9 Å². The third-order valence-electron chi connectivity index (χ3n) is 3.31. The van der Waals surface area contributed by atoms with E-state index in [0.717, 1.165) is 16.7 Å². The molecule has 3 nitrogen and oxygen atoms in total. The Morgan fingerprint density at radius 2 is 1.89 bits per heavy atom. The molecular weight excluding hydrogens is 260 g/mol. The Morgan fingerprint density at radius 3 is 2.47 bits per heavy atom. The first-order chi connectivity index (χ1) is 9.13. The van der Waals surface area contributed by atoms with Crippen LogP contribution in [0.5, 0.6) is 0 Å². The van der Waals surface area contributed by atoms with Gasteiger partial charge in [-0.2, -0.15) is 0 Å². The van der Waals surface area contributed by atoms with Gasteiger partial charge in [-0.1, -0.05) is 23.7 Å². The summed E-state index contributed by atoms with van der Waals surface area (Å²) in [5.41, 5.74) is 8.54. The molecule has 0 spiro atoms. The van der Waals surface area contributed by atoms with Gasteiger partial charge >= 0.3 is 0 Å². The SMILES string of the molecule is Cc1ccc(C(O)C(CN)c2ccncc2)cc1Cl. The van der Waals surface area contributed by atoms with Crippen LogP contribution in [-0.2, 0) is 0 Å². The highest BCUT2D eigenvalue weighted by molar-refractivity contribution is 6.31. The summed E-state index contributed by atoms with van der Waals surface area (Å²) in [6.45, 7) is 2.29. The molecule has 4 heteroatoms. The van der Waals surface area contributed by atoms with E-state index in [-0.39, 0.29) is 5.92 Å². The first kappa shape index (κ1) is 14.0. The number of benzene rings is 1. The van der Waals surface area contributed by atoms with E-state index in [1.54, 1.807) is 18.5 Å². The maximum atomic E-state index is 10.5. The van der Waals surface area contributed by atoms with E-state index in [0.29, 0.717) is 11.6 Å². The zero-order chi connectivity index (χ0) is 13.8. The molecule has 0 aliphatic heterocycles. The molecular formula is C15H17ClN2O. The van der Waals surface area contributed by atoms with Gasteiger partial charge in [-0.25, -0.2) is 0 Å². The van der Waals surface area contributed by atoms with E-state index >= 15 is 0 Å². The van der Waals surface area contributed by atoms with Gasteiger partial charge in [0.15, 0.2) is 0 Å². The summed E-state index contributed by atoms with van der Waals surface area (Å²) in [6.07, 6.45) is 2.73. The van der Waals surface area contributed by atoms with Crippen LogP contribution >= 0.6 is 11.6 Å². The second kappa shape index (κ2) is 6.15. The van der Waals surface area contributed by atoms with E-state index in [2.05, 4.69) is 4.98 Å². The minimum Gasteiger partial charge on any atom is -0.388 e. The zero-order valence-corrected chi connectivity index (χ0v) is 11.5. The summed E-state index contributed by atoms with van der Waals surface area (Å²) < 4.78 is 0. The molecule has 1 heterocycles. The summed E-state index contributed by atoms with van der Waals surface area (Å²) in [7, 11) is 0. The van der Waals surface area contributed by atoms with E-state index in [1.165, 1.54) is 0 Å². The number of nitrogens with zero attached hydrogens (tertiary/aromatic N) is 1. The van der Waals surface area contributed by atoms with Crippen LogP contribution in [0, 0.1) is 6.92 Å². The monoisotopic (exact) mass is 276 g/mol. The Kier molecular flexibility index (Phi) is 4.53. The average Bonchev–Trinajstić information content (AvgIpc) is 2.44. The fourth-order valence-electron chi connectivity index (χ4n) is 2.08. The molecule has 19 heavy (non-hydrogen) atoms. The highest BCUT2D eigenvalue weighted by Gasteiger charge is 2.21. The van der Waals surface area contributed by atoms with Gasteiger partial charge in [-0.3, -0.25) is 4.98 Å². The average molecular weight is 277 g/mol. The minimum atomic E-state index is -0.675. The molecule has 3 N–H and O–H groups in total. The van der Waals surface area contributed by atoms with E-state index in [9.17, 15) is 5.11 Å². The Hall–Kier alpha value is -1.42. The molecule has 2 atom stereocenters. The van der Waals surface area contributed by atoms with E-state index in [4.69, 9.17) is 17.3 Å². The van der Waals surface area contributed by atoms with Crippen molar-refractivity contribution in [1.29, 1.82) is 0 Å². The topological polar surface area (TPSA) is 59.1 Å². The first-order valence-electron chi connectivity index (χ1n) is 6.17. The van der Waals surface area contributed by atoms with Crippen LogP contribution in [0.15, 0.2) is 42.7 Å². The standard InChI is InChI=1S/C15H17ClN2O/c1-10-2-3-12(8-14(10)16)15(19)13(9-17)11-4-6-18-7-5-11/h2-8,13,15,19H,9,17H2,1H3. The number of halogens is 1. The fourth-order valence-corrected chi connectivity index (χ4v) is 2.27. The fraction of sp³-hybridized carbons (Fsp3) is 0.267. The number of aliphatic hydroxyl groups is 1. The molecule has 0 saturated heterocycles. The van der Waals surface area contributed by atoms with Crippen molar-refractivity contribution in [2.24, 2.45) is 5.73 Å². The Labute approximate surface area is 118 Å². The predicted octanol–water partition coefficient (Wildman–Crippen LogP) is 2.82. The van der Waals surface area contributed by atoms with Crippen molar-refractivity contribution >= 4 is 11.6 Å². The normalized spacial score (nSPS) is 14.1. The number of pyridine rings is 1. The van der Waals surface area contributed by atoms with Gasteiger partial charge < -0.3 is 10.8 Å². The third kappa shape index (κ3) is 3.13. The maximum absolute atomic E-state index is 10.5. The lowest BCUT2D eigenvalue weighted by atomic mass is 9.89. The third-order valence-corrected chi connectivity index (χ3v) is 3.71. The second-order valence-electron chi connectivity index (χ2n) is 4.58. The number of aliphatic hydroxyl groups excluding tert-OH is 1. The van der Waals surface area contributed by atoms with Gasteiger partial charge in [0.1, 0.15) is 0 Å². The molecule has 0 saturated carbocycles. The van der Waals surface area contributed by atoms with Gasteiger partial charge in [0.2, 0.25) is 0 Å². The lowest BCUT2D eigenvalue weighted by Crippen LogP contribution is -2.20. The summed E-state index contributed by atoms with van der Waals surface area (Å²) in [5, 5.41) is 11.1. The summed E-state index contributed by atoms with van der Waals surface area (Å²) in [6, 6.07) is 9.33. The molecule has 0 bridgehead atoms. The molecule has 0 fully saturated rings. The molecule has 0 aliphatic carbocycles. The number of hydrogen-bond acceptors (Lipinski definition) is 3. The second-order valence-corrected chi connectivity index (χ2v) is 4.98. The van der Waals surface area contributed by atoms with Crippen molar-refractivity contribution < 1.29 is 5.11 Å². The molecule has 1 aromatic heterocycles. The van der Waals surface area contributed by atoms with Gasteiger partial charge in [-0.05, 0) is 41.8 Å². The quantitative estimate of drug-likeness (QED) is 0.903. The van der Waals surface area contributed by atoms with Gasteiger partial charge in [0.05, 0.1) is 6.10 Å². The van der Waals surface area contributed by atoms with E-state index in [1.807, 2.05) is 31.2 Å². The zero-order valence-electron chi connectivity index (χ0n) is 10.8. The van der Waals surface area contributed by atoms with Crippen LogP contribution in [0.2, 0.25) is 5.02 Å². The van der Waals surface area contributed by atoms with Crippen LogP contribution in [0.1, 0.15) is 28.7 Å². The van der Waals surface area contributed by atoms with Crippen molar-refractivity contribution in [3.63, 3.8) is 0 Å². The molecule has 0 amide bonds. The van der Waals surface area contributed by atoms with Crippen molar-refractivity contribution in [3.05, 3.63) is 64.4 Å². The van der Waals surface area contributed by atoms with Crippen LogP contribution in [-0.4, -0.2) is 16.6 Å². The highest BCUT2D eigenvalue weighted by atomic mass is 35.5. The number of nitrogens with two attached hydrogens (primary N) is 1. The summed E-state index contributed by atoms with van der Waals surface area (Å²) in [4.78, 5) is 3.98. The molecule has 2 aromatic rings. The lowest BCUT2D eigenvalue weighted by molar-refractivity contribution is 0.147. The van der Waals surface area contributed by atoms with Crippen molar-refractivity contribution in [3.8, 4) is 0 Å². The van der Waals surface area contributed by atoms with Crippen LogP contribution < -0.4 is 5.73 Å². The Bertz CT molecular complexity index is 545. The van der Waals surface area contributed by atoms with Crippen molar-refractivity contribution in [2.45, 2.75) is 18.9 Å². The molecule has 100 valence electrons. The molecule has 2 rings (SSSR count). The van der Waals surface area contributed by atoms with Crippen molar-refractivity contribution in [2.75, 3.05) is 6.54 Å². The first-order valence-corrected chi connectivity index (χ1v) is 6.55. The Balaban J connectivity index is 2.30. The van der Waals surface area contributed by atoms with Crippen LogP contribution in [0.3, 0.4) is 0 Å². The largest absolute Gasteiger partial charge is 0.388 e. The molecule has 2 unspecified atom stereocenters. The number of hydrogen-bond donors (Lipinski definition) is 2. The van der Waals surface area contributed by atoms with Crippen LogP contribution in [0.4, 0.5) is 0 Å². The molecule has 1 aromatic carbocycles. The summed E-state index contributed by atoms with van der Waals surface area (Å²) >= 11 is 6.10. The Morgan fingerprint density at radius 1 is 1.21 bits per heavy atom. The van der Waals surface area contributed by atoms with Gasteiger partial charge in [0.25, 0.3) is 0 Å². The minimum absolute atomic E-state index is 0.165. The maximum Gasteiger partial charge on any atom is 0.0871 e. The highest BCUT2D eigenvalue weighted by Crippen LogP contribution is 2.31. The molecule has 0 radical (unpaired) electrons. The predicted molar refractivity (Wildman–Crippen MR) is 77.2 cm³/mol. The number of aryl methyl sites for hydroxylation is 1. The summed E-state index contributed by atoms with van der Waals surface area (Å²) in [5.74, 6) is -0.165. The molecule has 0 aliphatic rings. The smallest absolute Gasteiger partial charge is 0.0871 e. The van der Waals surface area contributed by atoms with Crippen LogP contribution in [0.25, 0.3) is 0 Å². The van der Waals surface area contributed by atoms with E-state index < -0.39 is 6.10 Å². The number of aromatic nitrogens is 1. The lowest BCUT2D eigenvalue weighted by Gasteiger charge is -2.22. The van der Waals surface area contributed by atoms with Gasteiger partial charge in [-0.15, -0.1) is 0 Å². The van der Waals surface area contributed by atoms with Crippen molar-refractivity contribution in [1.82, 2.24) is 4.98 Å².